The predicted octanol–water partition coefficient (Wildman–Crippen LogP) is 2.76. The summed E-state index contributed by atoms with van der Waals surface area (Å²) < 4.78 is 5.53. The van der Waals surface area contributed by atoms with E-state index in [0.717, 1.165) is 17.5 Å². The summed E-state index contributed by atoms with van der Waals surface area (Å²) in [4.78, 5) is 11.9. The average molecular weight is 229 g/mol. The number of ketones is 1. The Hall–Kier alpha value is -1.61. The van der Waals surface area contributed by atoms with Gasteiger partial charge < -0.3 is 9.73 Å². The maximum absolute atomic E-state index is 11.9. The van der Waals surface area contributed by atoms with Gasteiger partial charge in [0, 0.05) is 24.4 Å². The Morgan fingerprint density at radius 1 is 1.35 bits per heavy atom. The second-order valence-corrected chi connectivity index (χ2v) is 4.55. The van der Waals surface area contributed by atoms with Gasteiger partial charge >= 0.3 is 0 Å². The standard InChI is InChI=1S/C14H15NO2/c16-12(7-8-15-11-5-6-11)14-9-10-3-1-2-4-13(10)17-14/h1-4,9,11,15H,5-8H2. The van der Waals surface area contributed by atoms with Gasteiger partial charge in [-0.25, -0.2) is 0 Å². The van der Waals surface area contributed by atoms with Crippen LogP contribution in [0.25, 0.3) is 11.0 Å². The monoisotopic (exact) mass is 229 g/mol. The van der Waals surface area contributed by atoms with E-state index in [-0.39, 0.29) is 5.78 Å². The quantitative estimate of drug-likeness (QED) is 0.801. The summed E-state index contributed by atoms with van der Waals surface area (Å²) >= 11 is 0. The number of para-hydroxylation sites is 1. The summed E-state index contributed by atoms with van der Waals surface area (Å²) in [6.45, 7) is 0.751. The number of nitrogens with one attached hydrogen (secondary N) is 1. The van der Waals surface area contributed by atoms with E-state index in [1.54, 1.807) is 0 Å². The molecule has 1 N–H and O–H groups in total. The first-order chi connectivity index (χ1) is 8.33. The summed E-state index contributed by atoms with van der Waals surface area (Å²) in [5.41, 5.74) is 0.783. The summed E-state index contributed by atoms with van der Waals surface area (Å²) in [6, 6.07) is 10.2. The molecule has 1 aliphatic rings. The van der Waals surface area contributed by atoms with Crippen LogP contribution in [-0.2, 0) is 0 Å². The largest absolute Gasteiger partial charge is 0.453 e. The van der Waals surface area contributed by atoms with Crippen molar-refractivity contribution in [1.82, 2.24) is 5.32 Å². The lowest BCUT2D eigenvalue weighted by Gasteiger charge is -1.99. The molecule has 0 bridgehead atoms. The van der Waals surface area contributed by atoms with Crippen LogP contribution in [0.2, 0.25) is 0 Å². The van der Waals surface area contributed by atoms with Crippen LogP contribution in [0.3, 0.4) is 0 Å². The molecule has 17 heavy (non-hydrogen) atoms. The molecule has 0 unspecified atom stereocenters. The smallest absolute Gasteiger partial charge is 0.199 e. The van der Waals surface area contributed by atoms with Crippen LogP contribution in [0.1, 0.15) is 29.8 Å². The molecule has 1 aromatic carbocycles. The van der Waals surface area contributed by atoms with E-state index in [1.807, 2.05) is 30.3 Å². The van der Waals surface area contributed by atoms with Gasteiger partial charge in [-0.15, -0.1) is 0 Å². The minimum absolute atomic E-state index is 0.0781. The third-order valence-corrected chi connectivity index (χ3v) is 3.06. The molecule has 0 radical (unpaired) electrons. The van der Waals surface area contributed by atoms with Gasteiger partial charge in [0.25, 0.3) is 0 Å². The van der Waals surface area contributed by atoms with Crippen molar-refractivity contribution in [1.29, 1.82) is 0 Å². The van der Waals surface area contributed by atoms with Gasteiger partial charge in [0.05, 0.1) is 0 Å². The van der Waals surface area contributed by atoms with Crippen molar-refractivity contribution in [3.05, 3.63) is 36.1 Å². The number of carbonyl (C=O) groups excluding carboxylic acids is 1. The number of furan rings is 1. The Morgan fingerprint density at radius 2 is 2.18 bits per heavy atom. The van der Waals surface area contributed by atoms with Crippen molar-refractivity contribution in [2.24, 2.45) is 0 Å². The van der Waals surface area contributed by atoms with Crippen molar-refractivity contribution in [2.75, 3.05) is 6.54 Å². The predicted molar refractivity (Wildman–Crippen MR) is 66.2 cm³/mol. The van der Waals surface area contributed by atoms with Crippen LogP contribution < -0.4 is 5.32 Å². The number of hydrogen-bond acceptors (Lipinski definition) is 3. The summed E-state index contributed by atoms with van der Waals surface area (Å²) in [6.07, 6.45) is 3.01. The molecule has 3 heteroatoms. The second kappa shape index (κ2) is 4.34. The number of fused-ring (bicyclic) bond motifs is 1. The maximum atomic E-state index is 11.9. The van der Waals surface area contributed by atoms with Crippen molar-refractivity contribution < 1.29 is 9.21 Å². The molecule has 3 rings (SSSR count). The average Bonchev–Trinajstić information content (AvgIpc) is 3.06. The van der Waals surface area contributed by atoms with Crippen molar-refractivity contribution in [2.45, 2.75) is 25.3 Å². The van der Waals surface area contributed by atoms with E-state index in [1.165, 1.54) is 12.8 Å². The van der Waals surface area contributed by atoms with E-state index >= 15 is 0 Å². The van der Waals surface area contributed by atoms with Crippen LogP contribution in [0.5, 0.6) is 0 Å². The lowest BCUT2D eigenvalue weighted by atomic mass is 10.2. The first-order valence-electron chi connectivity index (χ1n) is 6.08. The van der Waals surface area contributed by atoms with E-state index in [0.29, 0.717) is 18.2 Å². The molecule has 3 nitrogen and oxygen atoms in total. The van der Waals surface area contributed by atoms with Crippen molar-refractivity contribution in [3.63, 3.8) is 0 Å². The number of hydrogen-bond donors (Lipinski definition) is 1. The normalized spacial score (nSPS) is 15.3. The van der Waals surface area contributed by atoms with Crippen molar-refractivity contribution in [3.8, 4) is 0 Å². The van der Waals surface area contributed by atoms with Gasteiger partial charge in [0.2, 0.25) is 0 Å². The molecular weight excluding hydrogens is 214 g/mol. The highest BCUT2D eigenvalue weighted by atomic mass is 16.3. The SMILES string of the molecule is O=C(CCNC1CC1)c1cc2ccccc2o1. The van der Waals surface area contributed by atoms with Crippen molar-refractivity contribution >= 4 is 16.8 Å². The molecular formula is C14H15NO2. The molecule has 88 valence electrons. The fourth-order valence-corrected chi connectivity index (χ4v) is 1.92. The van der Waals surface area contributed by atoms with Gasteiger partial charge in [-0.3, -0.25) is 4.79 Å². The first kappa shape index (κ1) is 10.5. The fraction of sp³-hybridized carbons (Fsp3) is 0.357. The highest BCUT2D eigenvalue weighted by Crippen LogP contribution is 2.20. The lowest BCUT2D eigenvalue weighted by Crippen LogP contribution is -2.20. The topological polar surface area (TPSA) is 42.2 Å². The highest BCUT2D eigenvalue weighted by Gasteiger charge is 2.20. The number of rotatable bonds is 5. The number of carbonyl (C=O) groups is 1. The molecule has 0 amide bonds. The third-order valence-electron chi connectivity index (χ3n) is 3.06. The van der Waals surface area contributed by atoms with E-state index in [2.05, 4.69) is 5.32 Å². The van der Waals surface area contributed by atoms with Gasteiger partial charge in [0.15, 0.2) is 11.5 Å². The van der Waals surface area contributed by atoms with Crippen LogP contribution in [0, 0.1) is 0 Å². The van der Waals surface area contributed by atoms with Crippen LogP contribution in [0.15, 0.2) is 34.7 Å². The first-order valence-corrected chi connectivity index (χ1v) is 6.08. The third kappa shape index (κ3) is 2.39. The second-order valence-electron chi connectivity index (χ2n) is 4.55. The lowest BCUT2D eigenvalue weighted by molar-refractivity contribution is 0.0958. The Balaban J connectivity index is 1.67. The number of benzene rings is 1. The fourth-order valence-electron chi connectivity index (χ4n) is 1.92. The Bertz CT molecular complexity index is 507. The molecule has 0 aliphatic heterocycles. The molecule has 1 heterocycles. The molecule has 2 aromatic rings. The zero-order valence-corrected chi connectivity index (χ0v) is 9.61. The van der Waals surface area contributed by atoms with Gasteiger partial charge in [0.1, 0.15) is 5.58 Å². The zero-order valence-electron chi connectivity index (χ0n) is 9.61. The number of Topliss-reactive ketones (excluding diaryl/α,β-unsaturated/α-hetero) is 1. The summed E-state index contributed by atoms with van der Waals surface area (Å²) in [5.74, 6) is 0.554. The van der Waals surface area contributed by atoms with Gasteiger partial charge in [-0.1, -0.05) is 18.2 Å². The van der Waals surface area contributed by atoms with Gasteiger partial charge in [-0.2, -0.15) is 0 Å². The zero-order chi connectivity index (χ0) is 11.7. The summed E-state index contributed by atoms with van der Waals surface area (Å²) in [5, 5.41) is 4.32. The minimum atomic E-state index is 0.0781. The van der Waals surface area contributed by atoms with Crippen LogP contribution in [-0.4, -0.2) is 18.4 Å². The molecule has 0 saturated heterocycles. The summed E-state index contributed by atoms with van der Waals surface area (Å²) in [7, 11) is 0. The Morgan fingerprint density at radius 3 is 2.94 bits per heavy atom. The molecule has 0 atom stereocenters. The highest BCUT2D eigenvalue weighted by molar-refractivity contribution is 5.97. The van der Waals surface area contributed by atoms with Crippen LogP contribution in [0.4, 0.5) is 0 Å². The molecule has 0 spiro atoms. The van der Waals surface area contributed by atoms with E-state index in [4.69, 9.17) is 4.42 Å². The van der Waals surface area contributed by atoms with E-state index < -0.39 is 0 Å². The molecule has 1 aromatic heterocycles. The van der Waals surface area contributed by atoms with Gasteiger partial charge in [-0.05, 0) is 25.0 Å². The van der Waals surface area contributed by atoms with E-state index in [9.17, 15) is 4.79 Å². The maximum Gasteiger partial charge on any atom is 0.199 e. The molecule has 1 aliphatic carbocycles. The minimum Gasteiger partial charge on any atom is -0.453 e. The Kier molecular flexibility index (Phi) is 2.69. The van der Waals surface area contributed by atoms with Crippen LogP contribution >= 0.6 is 0 Å². The molecule has 1 fully saturated rings. The Labute approximate surface area is 99.8 Å². The molecule has 1 saturated carbocycles.